The first kappa shape index (κ1) is 26.5. The van der Waals surface area contributed by atoms with Crippen LogP contribution in [0.3, 0.4) is 0 Å². The van der Waals surface area contributed by atoms with Crippen molar-refractivity contribution in [1.29, 1.82) is 0 Å². The summed E-state index contributed by atoms with van der Waals surface area (Å²) in [6.07, 6.45) is 0. The second-order valence-corrected chi connectivity index (χ2v) is 13.7. The first-order chi connectivity index (χ1) is 23.0. The Labute approximate surface area is 274 Å². The molecule has 0 nitrogen and oxygen atoms in total. The van der Waals surface area contributed by atoms with Crippen LogP contribution in [0.4, 0.5) is 0 Å². The van der Waals surface area contributed by atoms with E-state index in [0.717, 1.165) is 0 Å². The van der Waals surface area contributed by atoms with Gasteiger partial charge in [0.1, 0.15) is 0 Å². The van der Waals surface area contributed by atoms with Gasteiger partial charge in [0.2, 0.25) is 0 Å². The summed E-state index contributed by atoms with van der Waals surface area (Å²) >= 11 is 0. The van der Waals surface area contributed by atoms with Gasteiger partial charge in [-0.05, 0) is 123 Å². The van der Waals surface area contributed by atoms with Crippen LogP contribution in [-0.2, 0) is 5.41 Å². The molecule has 0 atom stereocenters. The Morgan fingerprint density at radius 1 is 0.319 bits per heavy atom. The van der Waals surface area contributed by atoms with Gasteiger partial charge in [-0.25, -0.2) is 0 Å². The van der Waals surface area contributed by atoms with E-state index in [0.29, 0.717) is 0 Å². The number of hydrogen-bond acceptors (Lipinski definition) is 0. The van der Waals surface area contributed by atoms with E-state index in [1.165, 1.54) is 98.7 Å². The first-order valence-electron chi connectivity index (χ1n) is 16.6. The molecule has 9 aromatic rings. The normalized spacial score (nSPS) is 13.5. The lowest BCUT2D eigenvalue weighted by atomic mass is 9.81. The van der Waals surface area contributed by atoms with Crippen molar-refractivity contribution in [2.24, 2.45) is 0 Å². The van der Waals surface area contributed by atoms with Crippen molar-refractivity contribution >= 4 is 43.1 Å². The van der Waals surface area contributed by atoms with Crippen molar-refractivity contribution in [3.63, 3.8) is 0 Å². The fourth-order valence-corrected chi connectivity index (χ4v) is 8.39. The summed E-state index contributed by atoms with van der Waals surface area (Å²) in [7, 11) is 0. The lowest BCUT2D eigenvalue weighted by molar-refractivity contribution is 0.661. The summed E-state index contributed by atoms with van der Waals surface area (Å²) in [5.74, 6) is 0. The van der Waals surface area contributed by atoms with Crippen molar-refractivity contribution in [2.45, 2.75) is 19.3 Å². The Bertz CT molecular complexity index is 2690. The topological polar surface area (TPSA) is 0 Å². The third-order valence-corrected chi connectivity index (χ3v) is 10.8. The average molecular weight is 597 g/mol. The summed E-state index contributed by atoms with van der Waals surface area (Å²) < 4.78 is 0. The van der Waals surface area contributed by atoms with Gasteiger partial charge >= 0.3 is 0 Å². The molecule has 1 aliphatic rings. The van der Waals surface area contributed by atoms with Gasteiger partial charge in [-0.2, -0.15) is 0 Å². The smallest absolute Gasteiger partial charge is 0.0159 e. The standard InChI is InChI=1S/C47H32/c1-47(2)43-28-35(19-22-39(43)42-26-33-11-6-7-12-34(33)27-44(42)47)32-13-8-14-36(25-32)38-21-16-31-17-23-40-37(29-9-4-3-5-10-29)20-15-30-18-24-41(38)46(31)45(30)40/h3-28H,1-2H3. The van der Waals surface area contributed by atoms with Gasteiger partial charge in [-0.1, -0.05) is 147 Å². The lowest BCUT2D eigenvalue weighted by Gasteiger charge is -2.22. The molecule has 0 bridgehead atoms. The van der Waals surface area contributed by atoms with E-state index in [9.17, 15) is 0 Å². The highest BCUT2D eigenvalue weighted by molar-refractivity contribution is 6.27. The molecule has 0 amide bonds. The maximum atomic E-state index is 2.44. The summed E-state index contributed by atoms with van der Waals surface area (Å²) in [6.45, 7) is 4.75. The molecule has 9 aromatic carbocycles. The van der Waals surface area contributed by atoms with E-state index in [2.05, 4.69) is 172 Å². The zero-order chi connectivity index (χ0) is 31.3. The highest BCUT2D eigenvalue weighted by Crippen LogP contribution is 2.51. The zero-order valence-electron chi connectivity index (χ0n) is 26.5. The Morgan fingerprint density at radius 3 is 1.57 bits per heavy atom. The molecule has 0 saturated carbocycles. The summed E-state index contributed by atoms with van der Waals surface area (Å²) in [5.41, 5.74) is 13.1. The molecule has 0 aromatic heterocycles. The molecule has 220 valence electrons. The molecule has 0 heterocycles. The maximum absolute atomic E-state index is 2.44. The SMILES string of the molecule is CC1(C)c2cc(-c3cccc(-c4ccc5ccc6c(-c7ccccc7)ccc7ccc4c5c76)c3)ccc2-c2cc3ccccc3cc21. The molecule has 1 aliphatic carbocycles. The number of hydrogen-bond donors (Lipinski definition) is 0. The molecule has 0 unspecified atom stereocenters. The predicted octanol–water partition coefficient (Wildman–Crippen LogP) is 13.0. The third kappa shape index (κ3) is 3.82. The van der Waals surface area contributed by atoms with E-state index in [1.54, 1.807) is 0 Å². The molecule has 0 spiro atoms. The van der Waals surface area contributed by atoms with Gasteiger partial charge < -0.3 is 0 Å². The molecule has 0 saturated heterocycles. The Kier molecular flexibility index (Phi) is 5.44. The Hall–Kier alpha value is -5.72. The van der Waals surface area contributed by atoms with E-state index in [4.69, 9.17) is 0 Å². The fraction of sp³-hybridized carbons (Fsp3) is 0.0638. The van der Waals surface area contributed by atoms with Crippen LogP contribution in [0, 0.1) is 0 Å². The minimum atomic E-state index is -0.0625. The molecule has 0 radical (unpaired) electrons. The Morgan fingerprint density at radius 2 is 0.851 bits per heavy atom. The van der Waals surface area contributed by atoms with Gasteiger partial charge in [0.15, 0.2) is 0 Å². The highest BCUT2D eigenvalue weighted by Gasteiger charge is 2.36. The van der Waals surface area contributed by atoms with Crippen LogP contribution in [0.1, 0.15) is 25.0 Å². The van der Waals surface area contributed by atoms with Gasteiger partial charge in [0.05, 0.1) is 0 Å². The van der Waals surface area contributed by atoms with Crippen molar-refractivity contribution < 1.29 is 0 Å². The number of fused-ring (bicyclic) bond motifs is 4. The van der Waals surface area contributed by atoms with Crippen molar-refractivity contribution in [3.8, 4) is 44.5 Å². The van der Waals surface area contributed by atoms with E-state index in [-0.39, 0.29) is 5.41 Å². The molecule has 0 N–H and O–H groups in total. The second kappa shape index (κ2) is 9.64. The van der Waals surface area contributed by atoms with E-state index >= 15 is 0 Å². The quantitative estimate of drug-likeness (QED) is 0.178. The fourth-order valence-electron chi connectivity index (χ4n) is 8.39. The third-order valence-electron chi connectivity index (χ3n) is 10.8. The maximum Gasteiger partial charge on any atom is 0.0159 e. The van der Waals surface area contributed by atoms with Crippen LogP contribution in [0.2, 0.25) is 0 Å². The monoisotopic (exact) mass is 596 g/mol. The largest absolute Gasteiger partial charge is 0.0622 e. The molecule has 10 rings (SSSR count). The Balaban J connectivity index is 1.11. The van der Waals surface area contributed by atoms with Crippen LogP contribution < -0.4 is 0 Å². The number of benzene rings is 9. The minimum Gasteiger partial charge on any atom is -0.0622 e. The molecular weight excluding hydrogens is 565 g/mol. The summed E-state index contributed by atoms with van der Waals surface area (Å²) in [4.78, 5) is 0. The van der Waals surface area contributed by atoms with E-state index in [1.807, 2.05) is 0 Å². The molecule has 47 heavy (non-hydrogen) atoms. The molecule has 0 fully saturated rings. The second-order valence-electron chi connectivity index (χ2n) is 13.7. The van der Waals surface area contributed by atoms with Gasteiger partial charge in [-0.3, -0.25) is 0 Å². The molecule has 0 heteroatoms. The van der Waals surface area contributed by atoms with Crippen molar-refractivity contribution in [3.05, 3.63) is 169 Å². The van der Waals surface area contributed by atoms with Crippen LogP contribution in [0.5, 0.6) is 0 Å². The van der Waals surface area contributed by atoms with Crippen LogP contribution in [-0.4, -0.2) is 0 Å². The number of rotatable bonds is 3. The minimum absolute atomic E-state index is 0.0625. The summed E-state index contributed by atoms with van der Waals surface area (Å²) in [5, 5.41) is 10.5. The van der Waals surface area contributed by atoms with Crippen LogP contribution >= 0.6 is 0 Å². The van der Waals surface area contributed by atoms with Gasteiger partial charge in [0.25, 0.3) is 0 Å². The zero-order valence-corrected chi connectivity index (χ0v) is 26.5. The van der Waals surface area contributed by atoms with Gasteiger partial charge in [0, 0.05) is 5.41 Å². The average Bonchev–Trinajstić information content (AvgIpc) is 3.34. The van der Waals surface area contributed by atoms with Gasteiger partial charge in [-0.15, -0.1) is 0 Å². The van der Waals surface area contributed by atoms with Crippen LogP contribution in [0.15, 0.2) is 158 Å². The lowest BCUT2D eigenvalue weighted by Crippen LogP contribution is -2.15. The predicted molar refractivity (Wildman–Crippen MR) is 202 cm³/mol. The first-order valence-corrected chi connectivity index (χ1v) is 16.6. The van der Waals surface area contributed by atoms with E-state index < -0.39 is 0 Å². The highest BCUT2D eigenvalue weighted by atomic mass is 14.4. The van der Waals surface area contributed by atoms with Crippen molar-refractivity contribution in [1.82, 2.24) is 0 Å². The summed E-state index contributed by atoms with van der Waals surface area (Å²) in [6, 6.07) is 58.9. The molecule has 0 aliphatic heterocycles. The molecular formula is C47H32. The van der Waals surface area contributed by atoms with Crippen LogP contribution in [0.25, 0.3) is 87.6 Å². The van der Waals surface area contributed by atoms with Crippen molar-refractivity contribution in [2.75, 3.05) is 0 Å².